The second-order valence-electron chi connectivity index (χ2n) is 4.06. The molecule has 2 rings (SSSR count). The van der Waals surface area contributed by atoms with Crippen molar-refractivity contribution in [1.82, 2.24) is 5.32 Å². The Morgan fingerprint density at radius 3 is 2.86 bits per heavy atom. The Morgan fingerprint density at radius 2 is 2.14 bits per heavy atom. The number of benzene rings is 1. The molecule has 0 saturated carbocycles. The highest BCUT2D eigenvalue weighted by molar-refractivity contribution is 9.10. The first-order valence-electron chi connectivity index (χ1n) is 5.97. The SMILES string of the molecule is O=C(COC(=O)c1cc(Br)ccc1Cl)NCc1cccs1. The summed E-state index contributed by atoms with van der Waals surface area (Å²) in [4.78, 5) is 24.5. The molecule has 7 heteroatoms. The zero-order valence-electron chi connectivity index (χ0n) is 10.8. The first-order chi connectivity index (χ1) is 10.1. The molecule has 1 N–H and O–H groups in total. The van der Waals surface area contributed by atoms with Crippen LogP contribution in [0.4, 0.5) is 0 Å². The number of rotatable bonds is 5. The van der Waals surface area contributed by atoms with E-state index in [2.05, 4.69) is 21.2 Å². The summed E-state index contributed by atoms with van der Waals surface area (Å²) in [5.74, 6) is -0.990. The van der Waals surface area contributed by atoms with Crippen molar-refractivity contribution in [3.8, 4) is 0 Å². The van der Waals surface area contributed by atoms with Gasteiger partial charge in [0, 0.05) is 9.35 Å². The molecule has 0 aliphatic heterocycles. The molecule has 0 spiro atoms. The van der Waals surface area contributed by atoms with Crippen LogP contribution in [0.5, 0.6) is 0 Å². The zero-order valence-corrected chi connectivity index (χ0v) is 13.9. The number of hydrogen-bond donors (Lipinski definition) is 1. The van der Waals surface area contributed by atoms with Crippen LogP contribution < -0.4 is 5.32 Å². The zero-order chi connectivity index (χ0) is 15.2. The number of esters is 1. The van der Waals surface area contributed by atoms with Crippen LogP contribution >= 0.6 is 38.9 Å². The van der Waals surface area contributed by atoms with Gasteiger partial charge in [0.25, 0.3) is 5.91 Å². The lowest BCUT2D eigenvalue weighted by Crippen LogP contribution is -2.28. The number of amides is 1. The van der Waals surface area contributed by atoms with E-state index in [0.29, 0.717) is 11.0 Å². The molecule has 2 aromatic rings. The maximum Gasteiger partial charge on any atom is 0.340 e. The van der Waals surface area contributed by atoms with Crippen molar-refractivity contribution in [1.29, 1.82) is 0 Å². The van der Waals surface area contributed by atoms with Gasteiger partial charge in [-0.15, -0.1) is 11.3 Å². The van der Waals surface area contributed by atoms with Crippen molar-refractivity contribution < 1.29 is 14.3 Å². The molecule has 0 aliphatic carbocycles. The number of nitrogens with one attached hydrogen (secondary N) is 1. The maximum absolute atomic E-state index is 11.8. The van der Waals surface area contributed by atoms with Gasteiger partial charge < -0.3 is 10.1 Å². The van der Waals surface area contributed by atoms with Gasteiger partial charge in [0.2, 0.25) is 0 Å². The normalized spacial score (nSPS) is 10.2. The highest BCUT2D eigenvalue weighted by Crippen LogP contribution is 2.21. The summed E-state index contributed by atoms with van der Waals surface area (Å²) in [5.41, 5.74) is 0.220. The molecule has 0 bridgehead atoms. The van der Waals surface area contributed by atoms with Crippen LogP contribution in [0.3, 0.4) is 0 Å². The second kappa shape index (κ2) is 7.59. The summed E-state index contributed by atoms with van der Waals surface area (Å²) >= 11 is 10.7. The van der Waals surface area contributed by atoms with Crippen molar-refractivity contribution in [3.05, 3.63) is 55.6 Å². The molecular formula is C14H11BrClNO3S. The van der Waals surface area contributed by atoms with E-state index in [4.69, 9.17) is 16.3 Å². The van der Waals surface area contributed by atoms with E-state index in [1.165, 1.54) is 0 Å². The Kier molecular flexibility index (Phi) is 5.78. The fourth-order valence-corrected chi connectivity index (χ4v) is 2.71. The van der Waals surface area contributed by atoms with Gasteiger partial charge >= 0.3 is 5.97 Å². The summed E-state index contributed by atoms with van der Waals surface area (Å²) in [6, 6.07) is 8.67. The lowest BCUT2D eigenvalue weighted by molar-refractivity contribution is -0.124. The van der Waals surface area contributed by atoms with Gasteiger partial charge in [0.1, 0.15) is 0 Å². The average molecular weight is 389 g/mol. The van der Waals surface area contributed by atoms with Crippen LogP contribution in [0.1, 0.15) is 15.2 Å². The third-order valence-electron chi connectivity index (χ3n) is 2.52. The van der Waals surface area contributed by atoms with Crippen molar-refractivity contribution in [3.63, 3.8) is 0 Å². The average Bonchev–Trinajstić information content (AvgIpc) is 2.98. The van der Waals surface area contributed by atoms with Crippen LogP contribution in [0.2, 0.25) is 5.02 Å². The van der Waals surface area contributed by atoms with Gasteiger partial charge in [-0.25, -0.2) is 4.79 Å². The standard InChI is InChI=1S/C14H11BrClNO3S/c15-9-3-4-12(16)11(6-9)14(19)20-8-13(18)17-7-10-2-1-5-21-10/h1-6H,7-8H2,(H,17,18). The first kappa shape index (κ1) is 16.0. The highest BCUT2D eigenvalue weighted by atomic mass is 79.9. The number of carbonyl (C=O) groups is 2. The number of ether oxygens (including phenoxy) is 1. The fraction of sp³-hybridized carbons (Fsp3) is 0.143. The lowest BCUT2D eigenvalue weighted by atomic mass is 10.2. The molecule has 1 aromatic heterocycles. The Bertz CT molecular complexity index is 646. The summed E-state index contributed by atoms with van der Waals surface area (Å²) in [6.07, 6.45) is 0. The molecule has 1 heterocycles. The van der Waals surface area contributed by atoms with E-state index in [1.807, 2.05) is 17.5 Å². The summed E-state index contributed by atoms with van der Waals surface area (Å²) < 4.78 is 5.65. The van der Waals surface area contributed by atoms with Gasteiger partial charge in [-0.3, -0.25) is 4.79 Å². The molecule has 21 heavy (non-hydrogen) atoms. The molecular weight excluding hydrogens is 378 g/mol. The second-order valence-corrected chi connectivity index (χ2v) is 6.41. The van der Waals surface area contributed by atoms with Crippen LogP contribution in [0.15, 0.2) is 40.2 Å². The molecule has 0 atom stereocenters. The molecule has 0 saturated heterocycles. The van der Waals surface area contributed by atoms with Crippen molar-refractivity contribution in [2.24, 2.45) is 0 Å². The van der Waals surface area contributed by atoms with Gasteiger partial charge in [0.05, 0.1) is 17.1 Å². The largest absolute Gasteiger partial charge is 0.452 e. The number of hydrogen-bond acceptors (Lipinski definition) is 4. The maximum atomic E-state index is 11.8. The first-order valence-corrected chi connectivity index (χ1v) is 8.02. The minimum absolute atomic E-state index is 0.220. The van der Waals surface area contributed by atoms with Gasteiger partial charge in [-0.1, -0.05) is 33.6 Å². The molecule has 0 fully saturated rings. The van der Waals surface area contributed by atoms with E-state index in [1.54, 1.807) is 29.5 Å². The van der Waals surface area contributed by atoms with Gasteiger partial charge in [-0.05, 0) is 29.6 Å². The van der Waals surface area contributed by atoms with Crippen molar-refractivity contribution in [2.45, 2.75) is 6.54 Å². The minimum Gasteiger partial charge on any atom is -0.452 e. The minimum atomic E-state index is -0.632. The number of halogens is 2. The topological polar surface area (TPSA) is 55.4 Å². The fourth-order valence-electron chi connectivity index (χ4n) is 1.51. The Labute approximate surface area is 139 Å². The van der Waals surface area contributed by atoms with Crippen LogP contribution in [-0.2, 0) is 16.1 Å². The van der Waals surface area contributed by atoms with Crippen molar-refractivity contribution in [2.75, 3.05) is 6.61 Å². The molecule has 110 valence electrons. The third-order valence-corrected chi connectivity index (χ3v) is 4.22. The quantitative estimate of drug-likeness (QED) is 0.796. The highest BCUT2D eigenvalue weighted by Gasteiger charge is 2.14. The predicted molar refractivity (Wildman–Crippen MR) is 85.6 cm³/mol. The Hall–Kier alpha value is -1.37. The number of thiophene rings is 1. The summed E-state index contributed by atoms with van der Waals surface area (Å²) in [7, 11) is 0. The van der Waals surface area contributed by atoms with E-state index >= 15 is 0 Å². The van der Waals surface area contributed by atoms with Gasteiger partial charge in [-0.2, -0.15) is 0 Å². The summed E-state index contributed by atoms with van der Waals surface area (Å²) in [5, 5.41) is 4.88. The molecule has 0 aliphatic rings. The molecule has 1 aromatic carbocycles. The van der Waals surface area contributed by atoms with Crippen LogP contribution in [0, 0.1) is 0 Å². The molecule has 0 unspecified atom stereocenters. The van der Waals surface area contributed by atoms with E-state index < -0.39 is 5.97 Å². The summed E-state index contributed by atoms with van der Waals surface area (Å²) in [6.45, 7) is 0.0821. The lowest BCUT2D eigenvalue weighted by Gasteiger charge is -2.07. The number of carbonyl (C=O) groups excluding carboxylic acids is 2. The van der Waals surface area contributed by atoms with E-state index in [9.17, 15) is 9.59 Å². The van der Waals surface area contributed by atoms with Crippen molar-refractivity contribution >= 4 is 50.7 Å². The molecule has 4 nitrogen and oxygen atoms in total. The van der Waals surface area contributed by atoms with E-state index in [0.717, 1.165) is 4.88 Å². The monoisotopic (exact) mass is 387 g/mol. The molecule has 0 radical (unpaired) electrons. The van der Waals surface area contributed by atoms with Gasteiger partial charge in [0.15, 0.2) is 6.61 Å². The molecule has 1 amide bonds. The Balaban J connectivity index is 1.83. The van der Waals surface area contributed by atoms with Crippen LogP contribution in [0.25, 0.3) is 0 Å². The van der Waals surface area contributed by atoms with E-state index in [-0.39, 0.29) is 23.1 Å². The Morgan fingerprint density at radius 1 is 1.33 bits per heavy atom. The third kappa shape index (κ3) is 4.84. The van der Waals surface area contributed by atoms with Crippen LogP contribution in [-0.4, -0.2) is 18.5 Å². The smallest absolute Gasteiger partial charge is 0.340 e. The predicted octanol–water partition coefficient (Wildman–Crippen LogP) is 3.64.